The highest BCUT2D eigenvalue weighted by Crippen LogP contribution is 2.14. The van der Waals surface area contributed by atoms with Gasteiger partial charge in [-0.3, -0.25) is 9.59 Å². The van der Waals surface area contributed by atoms with Gasteiger partial charge < -0.3 is 28.1 Å². The topological polar surface area (TPSA) is 83.0 Å². The minimum atomic E-state index is -0.579. The lowest BCUT2D eigenvalue weighted by molar-refractivity contribution is -0.693. The molecule has 0 fully saturated rings. The third-order valence-corrected chi connectivity index (χ3v) is 4.42. The third kappa shape index (κ3) is 8.20. The molecular formula is C23H29ClN2O3. The Balaban J connectivity index is 0.00000420. The van der Waals surface area contributed by atoms with Crippen molar-refractivity contribution in [2.24, 2.45) is 0 Å². The maximum atomic E-state index is 12.5. The highest BCUT2D eigenvalue weighted by Gasteiger charge is 2.19. The minimum absolute atomic E-state index is 0. The number of hydrogen-bond acceptors (Lipinski definition) is 3. The van der Waals surface area contributed by atoms with Crippen LogP contribution in [-0.4, -0.2) is 29.4 Å². The van der Waals surface area contributed by atoms with Crippen molar-refractivity contribution in [3.8, 4) is 0 Å². The SMILES string of the molecule is CC(C)=CC(=O)Nc1cccc(C(=O)CC[NH2+]C(C)C(O)c2ccccc2)c1.[Cl-]. The summed E-state index contributed by atoms with van der Waals surface area (Å²) in [4.78, 5) is 24.3. The van der Waals surface area contributed by atoms with Crippen LogP contribution in [0.15, 0.2) is 66.2 Å². The molecular weight excluding hydrogens is 388 g/mol. The number of allylic oxidation sites excluding steroid dienone is 1. The number of halogens is 1. The van der Waals surface area contributed by atoms with Gasteiger partial charge in [-0.15, -0.1) is 0 Å². The van der Waals surface area contributed by atoms with Crippen molar-refractivity contribution >= 4 is 17.4 Å². The van der Waals surface area contributed by atoms with Crippen molar-refractivity contribution in [2.75, 3.05) is 11.9 Å². The number of benzene rings is 2. The monoisotopic (exact) mass is 416 g/mol. The van der Waals surface area contributed by atoms with Crippen LogP contribution < -0.4 is 23.0 Å². The second-order valence-corrected chi connectivity index (χ2v) is 7.20. The van der Waals surface area contributed by atoms with Crippen LogP contribution in [0.2, 0.25) is 0 Å². The largest absolute Gasteiger partial charge is 1.00 e. The zero-order valence-corrected chi connectivity index (χ0v) is 17.8. The smallest absolute Gasteiger partial charge is 0.248 e. The lowest BCUT2D eigenvalue weighted by Crippen LogP contribution is -3.00. The van der Waals surface area contributed by atoms with E-state index >= 15 is 0 Å². The Labute approximate surface area is 178 Å². The van der Waals surface area contributed by atoms with Crippen LogP contribution in [0, 0.1) is 0 Å². The number of aliphatic hydroxyl groups excluding tert-OH is 1. The molecule has 2 rings (SSSR count). The predicted octanol–water partition coefficient (Wildman–Crippen LogP) is -0.146. The third-order valence-electron chi connectivity index (χ3n) is 4.42. The van der Waals surface area contributed by atoms with Crippen molar-refractivity contribution in [2.45, 2.75) is 39.3 Å². The standard InChI is InChI=1S/C23H28N2O3.ClH/c1-16(2)14-22(27)25-20-11-7-10-19(15-20)21(26)12-13-24-17(3)23(28)18-8-5-4-6-9-18;/h4-11,14-15,17,23-24,28H,12-13H2,1-3H3,(H,25,27);1H. The maximum absolute atomic E-state index is 12.5. The summed E-state index contributed by atoms with van der Waals surface area (Å²) in [6.07, 6.45) is 1.30. The fraction of sp³-hybridized carbons (Fsp3) is 0.304. The van der Waals surface area contributed by atoms with E-state index in [1.807, 2.05) is 56.4 Å². The van der Waals surface area contributed by atoms with E-state index in [9.17, 15) is 14.7 Å². The van der Waals surface area contributed by atoms with Gasteiger partial charge >= 0.3 is 0 Å². The average molecular weight is 417 g/mol. The summed E-state index contributed by atoms with van der Waals surface area (Å²) in [6.45, 7) is 6.23. The fourth-order valence-corrected chi connectivity index (χ4v) is 2.92. The molecule has 0 saturated heterocycles. The van der Waals surface area contributed by atoms with Gasteiger partial charge in [0.25, 0.3) is 0 Å². The normalized spacial score (nSPS) is 12.3. The molecule has 2 aromatic rings. The Morgan fingerprint density at radius 1 is 1.10 bits per heavy atom. The molecule has 0 heterocycles. The number of nitrogens with one attached hydrogen (secondary N) is 1. The summed E-state index contributed by atoms with van der Waals surface area (Å²) in [5.74, 6) is -0.197. The van der Waals surface area contributed by atoms with Crippen molar-refractivity contribution in [1.29, 1.82) is 0 Å². The number of carbonyl (C=O) groups excluding carboxylic acids is 2. The molecule has 4 N–H and O–H groups in total. The number of quaternary nitrogens is 1. The first-order valence-electron chi connectivity index (χ1n) is 9.52. The quantitative estimate of drug-likeness (QED) is 0.393. The van der Waals surface area contributed by atoms with Crippen molar-refractivity contribution in [3.05, 3.63) is 77.4 Å². The number of anilines is 1. The van der Waals surface area contributed by atoms with Gasteiger partial charge in [0.05, 0.1) is 13.0 Å². The number of rotatable bonds is 9. The zero-order chi connectivity index (χ0) is 20.5. The van der Waals surface area contributed by atoms with Crippen LogP contribution in [0.3, 0.4) is 0 Å². The summed E-state index contributed by atoms with van der Waals surface area (Å²) in [5.41, 5.74) is 2.95. The number of Topliss-reactive ketones (excluding diaryl/α,β-unsaturated/α-hetero) is 1. The highest BCUT2D eigenvalue weighted by atomic mass is 35.5. The second kappa shape index (κ2) is 12.2. The van der Waals surface area contributed by atoms with E-state index in [4.69, 9.17) is 0 Å². The molecule has 0 bridgehead atoms. The number of nitrogens with two attached hydrogens (primary N) is 1. The molecule has 0 saturated carbocycles. The molecule has 6 heteroatoms. The maximum Gasteiger partial charge on any atom is 0.248 e. The Kier molecular flexibility index (Phi) is 10.3. The van der Waals surface area contributed by atoms with Crippen LogP contribution >= 0.6 is 0 Å². The van der Waals surface area contributed by atoms with Gasteiger partial charge in [-0.2, -0.15) is 0 Å². The van der Waals surface area contributed by atoms with E-state index in [-0.39, 0.29) is 30.1 Å². The number of carbonyl (C=O) groups is 2. The van der Waals surface area contributed by atoms with Crippen LogP contribution in [0.5, 0.6) is 0 Å². The summed E-state index contributed by atoms with van der Waals surface area (Å²) in [5, 5.41) is 15.1. The van der Waals surface area contributed by atoms with Gasteiger partial charge in [0, 0.05) is 17.3 Å². The Morgan fingerprint density at radius 3 is 2.45 bits per heavy atom. The van der Waals surface area contributed by atoms with Gasteiger partial charge in [0.1, 0.15) is 12.1 Å². The fourth-order valence-electron chi connectivity index (χ4n) is 2.92. The highest BCUT2D eigenvalue weighted by molar-refractivity contribution is 6.01. The Hall–Kier alpha value is -2.47. The molecule has 1 amide bonds. The number of amides is 1. The average Bonchev–Trinajstić information content (AvgIpc) is 2.67. The van der Waals surface area contributed by atoms with Crippen LogP contribution in [-0.2, 0) is 4.79 Å². The lowest BCUT2D eigenvalue weighted by atomic mass is 10.0. The van der Waals surface area contributed by atoms with E-state index in [0.29, 0.717) is 24.2 Å². The first-order valence-corrected chi connectivity index (χ1v) is 9.52. The predicted molar refractivity (Wildman–Crippen MR) is 111 cm³/mol. The second-order valence-electron chi connectivity index (χ2n) is 7.20. The van der Waals surface area contributed by atoms with E-state index in [1.165, 1.54) is 6.08 Å². The first kappa shape index (κ1) is 24.6. The molecule has 0 aliphatic carbocycles. The molecule has 0 aliphatic heterocycles. The molecule has 0 radical (unpaired) electrons. The molecule has 156 valence electrons. The zero-order valence-electron chi connectivity index (χ0n) is 17.1. The van der Waals surface area contributed by atoms with Gasteiger partial charge in [-0.1, -0.05) is 48.0 Å². The summed E-state index contributed by atoms with van der Waals surface area (Å²) < 4.78 is 0. The van der Waals surface area contributed by atoms with E-state index in [2.05, 4.69) is 5.32 Å². The molecule has 29 heavy (non-hydrogen) atoms. The van der Waals surface area contributed by atoms with Gasteiger partial charge in [-0.05, 0) is 38.5 Å². The van der Waals surface area contributed by atoms with Crippen molar-refractivity contribution in [1.82, 2.24) is 0 Å². The lowest BCUT2D eigenvalue weighted by Gasteiger charge is -2.17. The number of ketones is 1. The van der Waals surface area contributed by atoms with E-state index < -0.39 is 6.10 Å². The van der Waals surface area contributed by atoms with Crippen LogP contribution in [0.1, 0.15) is 49.2 Å². The first-order chi connectivity index (χ1) is 13.4. The van der Waals surface area contributed by atoms with E-state index in [0.717, 1.165) is 11.1 Å². The summed E-state index contributed by atoms with van der Waals surface area (Å²) >= 11 is 0. The summed E-state index contributed by atoms with van der Waals surface area (Å²) in [7, 11) is 0. The Bertz CT molecular complexity index is 833. The molecule has 2 aromatic carbocycles. The molecule has 0 aliphatic rings. The van der Waals surface area contributed by atoms with Crippen LogP contribution in [0.4, 0.5) is 5.69 Å². The molecule has 2 atom stereocenters. The van der Waals surface area contributed by atoms with E-state index in [1.54, 1.807) is 24.3 Å². The van der Waals surface area contributed by atoms with Crippen LogP contribution in [0.25, 0.3) is 0 Å². The summed E-state index contributed by atoms with van der Waals surface area (Å²) in [6, 6.07) is 16.4. The van der Waals surface area contributed by atoms with Gasteiger partial charge in [0.2, 0.25) is 5.91 Å². The number of hydrogen-bond donors (Lipinski definition) is 3. The molecule has 0 spiro atoms. The minimum Gasteiger partial charge on any atom is -1.00 e. The molecule has 2 unspecified atom stereocenters. The molecule has 5 nitrogen and oxygen atoms in total. The molecule has 0 aromatic heterocycles. The van der Waals surface area contributed by atoms with Crippen molar-refractivity contribution < 1.29 is 32.4 Å². The number of aliphatic hydroxyl groups is 1. The Morgan fingerprint density at radius 2 is 1.79 bits per heavy atom. The van der Waals surface area contributed by atoms with Gasteiger partial charge in [0.15, 0.2) is 5.78 Å². The van der Waals surface area contributed by atoms with Gasteiger partial charge in [-0.25, -0.2) is 0 Å². The van der Waals surface area contributed by atoms with Crippen molar-refractivity contribution in [3.63, 3.8) is 0 Å².